The first kappa shape index (κ1) is 20.9. The number of anilines is 1. The van der Waals surface area contributed by atoms with Gasteiger partial charge in [0, 0.05) is 12.2 Å². The van der Waals surface area contributed by atoms with Gasteiger partial charge in [0.15, 0.2) is 5.13 Å². The van der Waals surface area contributed by atoms with Crippen molar-refractivity contribution in [3.63, 3.8) is 0 Å². The van der Waals surface area contributed by atoms with Crippen LogP contribution in [0.5, 0.6) is 5.75 Å². The van der Waals surface area contributed by atoms with Crippen LogP contribution in [0.25, 0.3) is 10.2 Å². The number of carbonyl (C=O) groups is 2. The summed E-state index contributed by atoms with van der Waals surface area (Å²) in [5.74, 6) is 0.0617. The zero-order valence-corrected chi connectivity index (χ0v) is 18.1. The van der Waals surface area contributed by atoms with Crippen LogP contribution in [-0.4, -0.2) is 34.6 Å². The van der Waals surface area contributed by atoms with Crippen molar-refractivity contribution < 1.29 is 19.1 Å². The fourth-order valence-corrected chi connectivity index (χ4v) is 4.35. The number of amides is 1. The predicted octanol–water partition coefficient (Wildman–Crippen LogP) is 4.56. The molecule has 0 aliphatic heterocycles. The SMILES string of the molecule is CCOC(=O)c1c(C)c(C(=O)Nc2nc3ccc(OCC)cc3s2)c(C)n1CC. The van der Waals surface area contributed by atoms with Crippen LogP contribution in [0.4, 0.5) is 5.13 Å². The predicted molar refractivity (Wildman–Crippen MR) is 114 cm³/mol. The molecule has 154 valence electrons. The summed E-state index contributed by atoms with van der Waals surface area (Å²) in [6.45, 7) is 10.7. The summed E-state index contributed by atoms with van der Waals surface area (Å²) >= 11 is 1.38. The van der Waals surface area contributed by atoms with Crippen molar-refractivity contribution in [2.24, 2.45) is 0 Å². The summed E-state index contributed by atoms with van der Waals surface area (Å²) in [4.78, 5) is 29.9. The molecule has 0 fully saturated rings. The molecule has 0 unspecified atom stereocenters. The van der Waals surface area contributed by atoms with Crippen molar-refractivity contribution in [1.82, 2.24) is 9.55 Å². The average molecular weight is 416 g/mol. The molecule has 0 spiro atoms. The minimum absolute atomic E-state index is 0.281. The zero-order chi connectivity index (χ0) is 21.1. The number of aromatic nitrogens is 2. The number of thiazole rings is 1. The van der Waals surface area contributed by atoms with Gasteiger partial charge in [0.05, 0.1) is 29.0 Å². The third-order valence-corrected chi connectivity index (χ3v) is 5.60. The van der Waals surface area contributed by atoms with Gasteiger partial charge in [-0.15, -0.1) is 0 Å². The van der Waals surface area contributed by atoms with Crippen molar-refractivity contribution in [2.75, 3.05) is 18.5 Å². The van der Waals surface area contributed by atoms with E-state index >= 15 is 0 Å². The number of ether oxygens (including phenoxy) is 2. The van der Waals surface area contributed by atoms with E-state index in [1.54, 1.807) is 13.8 Å². The number of fused-ring (bicyclic) bond motifs is 1. The molecular weight excluding hydrogens is 390 g/mol. The molecule has 0 aliphatic carbocycles. The average Bonchev–Trinajstić information content (AvgIpc) is 3.18. The molecule has 3 rings (SSSR count). The molecule has 0 saturated heterocycles. The number of benzene rings is 1. The zero-order valence-electron chi connectivity index (χ0n) is 17.3. The summed E-state index contributed by atoms with van der Waals surface area (Å²) in [5.41, 5.74) is 3.03. The lowest BCUT2D eigenvalue weighted by molar-refractivity contribution is 0.0512. The van der Waals surface area contributed by atoms with Gasteiger partial charge in [-0.05, 0) is 58.4 Å². The maximum atomic E-state index is 13.0. The normalized spacial score (nSPS) is 10.9. The summed E-state index contributed by atoms with van der Waals surface area (Å²) in [6.07, 6.45) is 0. The number of hydrogen-bond acceptors (Lipinski definition) is 6. The number of esters is 1. The first-order valence-corrected chi connectivity index (χ1v) is 10.4. The Bertz CT molecular complexity index is 1070. The molecule has 2 aromatic heterocycles. The smallest absolute Gasteiger partial charge is 0.355 e. The summed E-state index contributed by atoms with van der Waals surface area (Å²) in [7, 11) is 0. The number of carbonyl (C=O) groups excluding carboxylic acids is 2. The van der Waals surface area contributed by atoms with Crippen molar-refractivity contribution in [3.05, 3.63) is 40.7 Å². The molecule has 3 aromatic rings. The highest BCUT2D eigenvalue weighted by molar-refractivity contribution is 7.22. The van der Waals surface area contributed by atoms with Crippen LogP contribution in [0.3, 0.4) is 0 Å². The Balaban J connectivity index is 1.93. The minimum Gasteiger partial charge on any atom is -0.494 e. The van der Waals surface area contributed by atoms with Gasteiger partial charge < -0.3 is 14.0 Å². The van der Waals surface area contributed by atoms with Gasteiger partial charge >= 0.3 is 5.97 Å². The van der Waals surface area contributed by atoms with E-state index in [9.17, 15) is 9.59 Å². The van der Waals surface area contributed by atoms with Gasteiger partial charge in [0.2, 0.25) is 0 Å². The molecule has 1 N–H and O–H groups in total. The number of hydrogen-bond donors (Lipinski definition) is 1. The Labute approximate surface area is 173 Å². The largest absolute Gasteiger partial charge is 0.494 e. The van der Waals surface area contributed by atoms with Crippen LogP contribution in [0.1, 0.15) is 52.9 Å². The number of rotatable bonds is 7. The van der Waals surface area contributed by atoms with Crippen LogP contribution in [0.15, 0.2) is 18.2 Å². The van der Waals surface area contributed by atoms with Gasteiger partial charge in [0.1, 0.15) is 11.4 Å². The van der Waals surface area contributed by atoms with Crippen LogP contribution in [-0.2, 0) is 11.3 Å². The van der Waals surface area contributed by atoms with Gasteiger partial charge in [0.25, 0.3) is 5.91 Å². The first-order valence-electron chi connectivity index (χ1n) is 9.62. The monoisotopic (exact) mass is 415 g/mol. The molecule has 0 saturated carbocycles. The van der Waals surface area contributed by atoms with E-state index in [1.165, 1.54) is 11.3 Å². The minimum atomic E-state index is -0.419. The lowest BCUT2D eigenvalue weighted by atomic mass is 10.1. The molecule has 0 atom stereocenters. The van der Waals surface area contributed by atoms with E-state index in [-0.39, 0.29) is 12.5 Å². The highest BCUT2D eigenvalue weighted by Crippen LogP contribution is 2.30. The second-order valence-electron chi connectivity index (χ2n) is 6.43. The van der Waals surface area contributed by atoms with E-state index in [4.69, 9.17) is 9.47 Å². The maximum absolute atomic E-state index is 13.0. The standard InChI is InChI=1S/C21H25N3O4S/c1-6-24-13(5)17(12(4)18(24)20(26)28-8-3)19(25)23-21-22-15-10-9-14(27-7-2)11-16(15)29-21/h9-11H,6-8H2,1-5H3,(H,22,23,25). The van der Waals surface area contributed by atoms with Gasteiger partial charge in [-0.2, -0.15) is 0 Å². The molecule has 0 bridgehead atoms. The van der Waals surface area contributed by atoms with E-state index in [0.29, 0.717) is 35.1 Å². The van der Waals surface area contributed by atoms with Crippen LogP contribution >= 0.6 is 11.3 Å². The second kappa shape index (κ2) is 8.65. The van der Waals surface area contributed by atoms with Crippen molar-refractivity contribution in [1.29, 1.82) is 0 Å². The molecule has 8 heteroatoms. The summed E-state index contributed by atoms with van der Waals surface area (Å²) in [5, 5.41) is 3.38. The number of nitrogens with zero attached hydrogens (tertiary/aromatic N) is 2. The highest BCUT2D eigenvalue weighted by Gasteiger charge is 2.27. The fourth-order valence-electron chi connectivity index (χ4n) is 3.46. The Morgan fingerprint density at radius 2 is 1.93 bits per heavy atom. The van der Waals surface area contributed by atoms with E-state index in [1.807, 2.05) is 43.5 Å². The van der Waals surface area contributed by atoms with Crippen LogP contribution in [0.2, 0.25) is 0 Å². The van der Waals surface area contributed by atoms with E-state index in [2.05, 4.69) is 10.3 Å². The maximum Gasteiger partial charge on any atom is 0.355 e. The van der Waals surface area contributed by atoms with Crippen LogP contribution in [0, 0.1) is 13.8 Å². The highest BCUT2D eigenvalue weighted by atomic mass is 32.1. The topological polar surface area (TPSA) is 82.5 Å². The van der Waals surface area contributed by atoms with Crippen molar-refractivity contribution >= 4 is 38.6 Å². The Kier molecular flexibility index (Phi) is 6.22. The van der Waals surface area contributed by atoms with Gasteiger partial charge in [-0.25, -0.2) is 9.78 Å². The molecule has 0 radical (unpaired) electrons. The van der Waals surface area contributed by atoms with E-state index < -0.39 is 5.97 Å². The summed E-state index contributed by atoms with van der Waals surface area (Å²) < 4.78 is 13.4. The van der Waals surface area contributed by atoms with Gasteiger partial charge in [-0.3, -0.25) is 10.1 Å². The lowest BCUT2D eigenvalue weighted by Gasteiger charge is -2.08. The number of nitrogens with one attached hydrogen (secondary N) is 1. The molecular formula is C21H25N3O4S. The molecule has 29 heavy (non-hydrogen) atoms. The fraction of sp³-hybridized carbons (Fsp3) is 0.381. The molecule has 1 amide bonds. The Morgan fingerprint density at radius 3 is 2.59 bits per heavy atom. The quantitative estimate of drug-likeness (QED) is 0.572. The van der Waals surface area contributed by atoms with Crippen molar-refractivity contribution in [3.8, 4) is 5.75 Å². The van der Waals surface area contributed by atoms with E-state index in [0.717, 1.165) is 21.7 Å². The Morgan fingerprint density at radius 1 is 1.17 bits per heavy atom. The molecule has 7 nitrogen and oxygen atoms in total. The molecule has 1 aromatic carbocycles. The third kappa shape index (κ3) is 3.98. The van der Waals surface area contributed by atoms with Gasteiger partial charge in [-0.1, -0.05) is 11.3 Å². The molecule has 2 heterocycles. The van der Waals surface area contributed by atoms with Crippen molar-refractivity contribution in [2.45, 2.75) is 41.2 Å². The molecule has 0 aliphatic rings. The first-order chi connectivity index (χ1) is 13.9. The lowest BCUT2D eigenvalue weighted by Crippen LogP contribution is -2.14. The Hall–Kier alpha value is -2.87. The van der Waals surface area contributed by atoms with Crippen LogP contribution < -0.4 is 10.1 Å². The third-order valence-electron chi connectivity index (χ3n) is 4.67. The second-order valence-corrected chi connectivity index (χ2v) is 7.47. The summed E-state index contributed by atoms with van der Waals surface area (Å²) in [6, 6.07) is 5.64.